The van der Waals surface area contributed by atoms with Gasteiger partial charge in [-0.2, -0.15) is 0 Å². The third-order valence-electron chi connectivity index (χ3n) is 6.06. The highest BCUT2D eigenvalue weighted by Crippen LogP contribution is 2.35. The highest BCUT2D eigenvalue weighted by atomic mass is 16.5. The van der Waals surface area contributed by atoms with Crippen molar-refractivity contribution in [1.29, 1.82) is 0 Å². The van der Waals surface area contributed by atoms with Crippen LogP contribution < -0.4 is 25.8 Å². The first-order valence-corrected chi connectivity index (χ1v) is 11.5. The number of carbonyl (C=O) groups excluding carboxylic acids is 2. The van der Waals surface area contributed by atoms with Crippen molar-refractivity contribution in [3.63, 3.8) is 0 Å². The largest absolute Gasteiger partial charge is 0.493 e. The van der Waals surface area contributed by atoms with Crippen LogP contribution in [0.15, 0.2) is 66.4 Å². The van der Waals surface area contributed by atoms with E-state index < -0.39 is 5.91 Å². The number of primary amides is 1. The molecule has 0 aromatic heterocycles. The first kappa shape index (κ1) is 24.8. The molecule has 186 valence electrons. The zero-order chi connectivity index (χ0) is 25.8. The number of nitrogens with two attached hydrogens (primary N) is 1. The maximum Gasteiger partial charge on any atom is 0.258 e. The topological polar surface area (TPSA) is 106 Å². The number of anilines is 2. The smallest absolute Gasteiger partial charge is 0.258 e. The van der Waals surface area contributed by atoms with Crippen LogP contribution in [0.3, 0.4) is 0 Å². The van der Waals surface area contributed by atoms with Gasteiger partial charge in [0.15, 0.2) is 11.5 Å². The van der Waals surface area contributed by atoms with Crippen LogP contribution in [0.25, 0.3) is 5.57 Å². The number of carbonyl (C=O) groups is 2. The molecule has 0 bridgehead atoms. The Morgan fingerprint density at radius 1 is 0.944 bits per heavy atom. The van der Waals surface area contributed by atoms with E-state index in [9.17, 15) is 9.59 Å². The Hall–Kier alpha value is -4.30. The van der Waals surface area contributed by atoms with Gasteiger partial charge in [-0.25, -0.2) is 0 Å². The average molecular weight is 487 g/mol. The molecule has 8 nitrogen and oxygen atoms in total. The summed E-state index contributed by atoms with van der Waals surface area (Å²) in [6.07, 6.45) is 0. The second kappa shape index (κ2) is 10.5. The standard InChI is InChI=1S/C28H30N4O4/c1-17(26-22-11-8-20(27(29)33)14-23(22)31-28(26)34)30-21-9-5-18(6-10-21)15-32(2)16-19-7-12-24(35-3)25(13-19)36-4/h5-14,30H,15-16H2,1-4H3,(H2,29,33)(H,31,34)/b26-17-. The molecule has 0 unspecified atom stereocenters. The Bertz CT molecular complexity index is 1330. The zero-order valence-corrected chi connectivity index (χ0v) is 20.8. The Kier molecular flexibility index (Phi) is 7.26. The molecule has 3 aromatic rings. The van der Waals surface area contributed by atoms with E-state index in [2.05, 4.69) is 34.7 Å². The van der Waals surface area contributed by atoms with Gasteiger partial charge in [0.2, 0.25) is 5.91 Å². The minimum Gasteiger partial charge on any atom is -0.493 e. The van der Waals surface area contributed by atoms with E-state index in [1.54, 1.807) is 32.4 Å². The van der Waals surface area contributed by atoms with Crippen molar-refractivity contribution in [2.24, 2.45) is 5.73 Å². The number of amides is 2. The van der Waals surface area contributed by atoms with Gasteiger partial charge < -0.3 is 25.8 Å². The predicted octanol–water partition coefficient (Wildman–Crippen LogP) is 4.23. The number of ether oxygens (including phenoxy) is 2. The molecule has 0 saturated carbocycles. The SMILES string of the molecule is COc1ccc(CN(C)Cc2ccc(N/C(C)=C3\C(=O)Nc4cc(C(N)=O)ccc43)cc2)cc1OC. The molecule has 0 saturated heterocycles. The summed E-state index contributed by atoms with van der Waals surface area (Å²) in [6.45, 7) is 3.39. The molecule has 4 rings (SSSR count). The number of hydrogen-bond donors (Lipinski definition) is 3. The third kappa shape index (κ3) is 5.34. The minimum atomic E-state index is -0.534. The number of hydrogen-bond acceptors (Lipinski definition) is 6. The lowest BCUT2D eigenvalue weighted by molar-refractivity contribution is -0.110. The minimum absolute atomic E-state index is 0.218. The summed E-state index contributed by atoms with van der Waals surface area (Å²) in [5.74, 6) is 0.681. The number of methoxy groups -OCH3 is 2. The molecule has 36 heavy (non-hydrogen) atoms. The van der Waals surface area contributed by atoms with Crippen molar-refractivity contribution in [1.82, 2.24) is 4.90 Å². The Labute approximate surface area is 210 Å². The van der Waals surface area contributed by atoms with Gasteiger partial charge in [0.1, 0.15) is 0 Å². The van der Waals surface area contributed by atoms with Crippen molar-refractivity contribution in [2.45, 2.75) is 20.0 Å². The summed E-state index contributed by atoms with van der Waals surface area (Å²) in [5.41, 5.74) is 11.5. The summed E-state index contributed by atoms with van der Waals surface area (Å²) in [7, 11) is 5.33. The zero-order valence-electron chi connectivity index (χ0n) is 20.8. The number of benzene rings is 3. The van der Waals surface area contributed by atoms with Crippen molar-refractivity contribution >= 4 is 28.8 Å². The number of nitrogens with zero attached hydrogens (tertiary/aromatic N) is 1. The fourth-order valence-corrected chi connectivity index (χ4v) is 4.33. The molecule has 0 aliphatic carbocycles. The quantitative estimate of drug-likeness (QED) is 0.391. The van der Waals surface area contributed by atoms with E-state index in [0.717, 1.165) is 46.9 Å². The molecule has 0 radical (unpaired) electrons. The van der Waals surface area contributed by atoms with Crippen LogP contribution in [0.1, 0.15) is 34.0 Å². The van der Waals surface area contributed by atoms with Gasteiger partial charge in [-0.05, 0) is 61.5 Å². The maximum atomic E-state index is 12.6. The number of fused-ring (bicyclic) bond motifs is 1. The number of nitrogens with one attached hydrogen (secondary N) is 2. The molecule has 1 aliphatic heterocycles. The van der Waals surface area contributed by atoms with Gasteiger partial charge in [-0.1, -0.05) is 24.3 Å². The van der Waals surface area contributed by atoms with Crippen LogP contribution in [0.4, 0.5) is 11.4 Å². The van der Waals surface area contributed by atoms with E-state index in [1.165, 1.54) is 0 Å². The lowest BCUT2D eigenvalue weighted by Crippen LogP contribution is -2.17. The van der Waals surface area contributed by atoms with E-state index in [-0.39, 0.29) is 5.91 Å². The Morgan fingerprint density at radius 3 is 2.28 bits per heavy atom. The highest BCUT2D eigenvalue weighted by Gasteiger charge is 2.27. The maximum absolute atomic E-state index is 12.6. The monoisotopic (exact) mass is 486 g/mol. The lowest BCUT2D eigenvalue weighted by Gasteiger charge is -2.18. The van der Waals surface area contributed by atoms with Crippen molar-refractivity contribution in [3.8, 4) is 11.5 Å². The normalized spacial score (nSPS) is 13.8. The summed E-state index contributed by atoms with van der Waals surface area (Å²) in [4.78, 5) is 26.3. The summed E-state index contributed by atoms with van der Waals surface area (Å²) >= 11 is 0. The van der Waals surface area contributed by atoms with Crippen LogP contribution in [-0.4, -0.2) is 38.0 Å². The van der Waals surface area contributed by atoms with Gasteiger partial charge in [-0.3, -0.25) is 14.5 Å². The Morgan fingerprint density at radius 2 is 1.61 bits per heavy atom. The molecule has 8 heteroatoms. The molecule has 0 atom stereocenters. The predicted molar refractivity (Wildman–Crippen MR) is 141 cm³/mol. The first-order valence-electron chi connectivity index (χ1n) is 11.5. The first-order chi connectivity index (χ1) is 17.3. The molecule has 3 aromatic carbocycles. The van der Waals surface area contributed by atoms with Crippen LogP contribution in [0.2, 0.25) is 0 Å². The summed E-state index contributed by atoms with van der Waals surface area (Å²) in [6, 6.07) is 19.0. The average Bonchev–Trinajstić information content (AvgIpc) is 3.19. The molecule has 0 fully saturated rings. The molecule has 2 amide bonds. The molecule has 4 N–H and O–H groups in total. The van der Waals surface area contributed by atoms with Crippen LogP contribution in [-0.2, 0) is 17.9 Å². The molecule has 1 aliphatic rings. The van der Waals surface area contributed by atoms with E-state index in [4.69, 9.17) is 15.2 Å². The van der Waals surface area contributed by atoms with Gasteiger partial charge in [0, 0.05) is 41.3 Å². The molecule has 0 spiro atoms. The van der Waals surface area contributed by atoms with E-state index in [0.29, 0.717) is 22.6 Å². The van der Waals surface area contributed by atoms with Crippen LogP contribution >= 0.6 is 0 Å². The second-order valence-electron chi connectivity index (χ2n) is 8.76. The molecule has 1 heterocycles. The van der Waals surface area contributed by atoms with Gasteiger partial charge in [-0.15, -0.1) is 0 Å². The highest BCUT2D eigenvalue weighted by molar-refractivity contribution is 6.32. The summed E-state index contributed by atoms with van der Waals surface area (Å²) < 4.78 is 10.7. The molecular formula is C28H30N4O4. The van der Waals surface area contributed by atoms with E-state index in [1.807, 2.05) is 37.3 Å². The van der Waals surface area contributed by atoms with Crippen LogP contribution in [0, 0.1) is 0 Å². The Balaban J connectivity index is 1.42. The number of allylic oxidation sites excluding steroid dienone is 1. The van der Waals surface area contributed by atoms with Gasteiger partial charge >= 0.3 is 0 Å². The fourth-order valence-electron chi connectivity index (χ4n) is 4.33. The summed E-state index contributed by atoms with van der Waals surface area (Å²) in [5, 5.41) is 6.13. The number of rotatable bonds is 9. The molecular weight excluding hydrogens is 456 g/mol. The van der Waals surface area contributed by atoms with Crippen molar-refractivity contribution in [3.05, 3.63) is 88.6 Å². The van der Waals surface area contributed by atoms with Crippen molar-refractivity contribution in [2.75, 3.05) is 31.9 Å². The lowest BCUT2D eigenvalue weighted by atomic mass is 10.0. The van der Waals surface area contributed by atoms with Crippen molar-refractivity contribution < 1.29 is 19.1 Å². The van der Waals surface area contributed by atoms with Gasteiger partial charge in [0.05, 0.1) is 19.8 Å². The van der Waals surface area contributed by atoms with E-state index >= 15 is 0 Å². The van der Waals surface area contributed by atoms with Crippen LogP contribution in [0.5, 0.6) is 11.5 Å². The third-order valence-corrected chi connectivity index (χ3v) is 6.06. The second-order valence-corrected chi connectivity index (χ2v) is 8.76. The van der Waals surface area contributed by atoms with Gasteiger partial charge in [0.25, 0.3) is 5.91 Å². The fraction of sp³-hybridized carbons (Fsp3) is 0.214.